The van der Waals surface area contributed by atoms with Crippen molar-refractivity contribution < 1.29 is 32.9 Å². The number of carbonyl (C=O) groups excluding carboxylic acids is 3. The summed E-state index contributed by atoms with van der Waals surface area (Å²) >= 11 is 0. The molecule has 47 heavy (non-hydrogen) atoms. The molecule has 2 aliphatic rings. The highest BCUT2D eigenvalue weighted by Crippen LogP contribution is 2.32. The van der Waals surface area contributed by atoms with Crippen molar-refractivity contribution in [2.45, 2.75) is 103 Å². The number of aliphatic hydroxyl groups excluding tert-OH is 1. The smallest absolute Gasteiger partial charge is 0.276 e. The molecule has 6 atom stereocenters. The number of anilines is 1. The fraction of sp³-hybridized carbons (Fsp3) is 0.667. The van der Waals surface area contributed by atoms with Gasteiger partial charge in [0.1, 0.15) is 23.8 Å². The van der Waals surface area contributed by atoms with Crippen LogP contribution in [-0.2, 0) is 16.0 Å². The first-order valence-electron chi connectivity index (χ1n) is 16.6. The van der Waals surface area contributed by atoms with Gasteiger partial charge in [0.25, 0.3) is 11.8 Å². The molecule has 2 aromatic rings. The Morgan fingerprint density at radius 3 is 2.38 bits per heavy atom. The molecule has 1 saturated heterocycles. The molecule has 1 aromatic heterocycles. The fourth-order valence-electron chi connectivity index (χ4n) is 6.45. The second kappa shape index (κ2) is 16.1. The van der Waals surface area contributed by atoms with Crippen LogP contribution in [0.2, 0.25) is 0 Å². The first-order chi connectivity index (χ1) is 22.3. The van der Waals surface area contributed by atoms with Crippen molar-refractivity contribution in [3.05, 3.63) is 41.0 Å². The Morgan fingerprint density at radius 2 is 1.77 bits per heavy atom. The topological polar surface area (TPSA) is 153 Å². The van der Waals surface area contributed by atoms with Crippen LogP contribution in [0.5, 0.6) is 0 Å². The maximum Gasteiger partial charge on any atom is 0.276 e. The Kier molecular flexibility index (Phi) is 12.4. The molecule has 1 aliphatic heterocycles. The highest BCUT2D eigenvalue weighted by Gasteiger charge is 2.37. The normalized spacial score (nSPS) is 24.1. The van der Waals surface area contributed by atoms with Gasteiger partial charge >= 0.3 is 0 Å². The van der Waals surface area contributed by atoms with Crippen LogP contribution in [0.15, 0.2) is 22.8 Å². The summed E-state index contributed by atoms with van der Waals surface area (Å²) < 4.78 is 34.3. The summed E-state index contributed by atoms with van der Waals surface area (Å²) in [4.78, 5) is 43.2. The van der Waals surface area contributed by atoms with Crippen molar-refractivity contribution >= 4 is 23.4 Å². The van der Waals surface area contributed by atoms with E-state index in [-0.39, 0.29) is 23.3 Å². The number of hydrogen-bond donors (Lipinski definition) is 4. The third-order valence-electron chi connectivity index (χ3n) is 9.88. The lowest BCUT2D eigenvalue weighted by molar-refractivity contribution is -0.129. The summed E-state index contributed by atoms with van der Waals surface area (Å²) in [5.41, 5.74) is 0.738. The fourth-order valence-corrected chi connectivity index (χ4v) is 6.45. The number of rotatable bonds is 12. The monoisotopic (exact) mass is 661 g/mol. The van der Waals surface area contributed by atoms with Gasteiger partial charge < -0.3 is 26.0 Å². The Hall–Kier alpha value is -3.49. The second-order valence-electron chi connectivity index (χ2n) is 13.3. The van der Waals surface area contributed by atoms with Gasteiger partial charge in [0, 0.05) is 31.6 Å². The summed E-state index contributed by atoms with van der Waals surface area (Å²) in [7, 11) is 1.99. The standard InChI is InChI=1S/C33H49F2N7O5/c1-7-25-29(40-47-39-25)32(45)38-28(22-10-8-18(2)9-11-22)31(44)36-26-13-12-23(16-24(26)35)20(4)27(37-30(43)21(5)34)33(46)42-15-14-41(6)19(3)17-42/h12-13,16,18-22,27-28,33,46H,7-11,14-15,17H2,1-6H3,(H,36,44)(H,37,43)(H,38,45)/t18-,19-,20+,21?,22-,27?,28+,33?/m1/s1. The van der Waals surface area contributed by atoms with Crippen LogP contribution >= 0.6 is 0 Å². The van der Waals surface area contributed by atoms with Crippen LogP contribution in [0.1, 0.15) is 88.0 Å². The third kappa shape index (κ3) is 8.90. The van der Waals surface area contributed by atoms with Gasteiger partial charge in [0.2, 0.25) is 5.91 Å². The van der Waals surface area contributed by atoms with Crippen molar-refractivity contribution in [3.63, 3.8) is 0 Å². The van der Waals surface area contributed by atoms with Gasteiger partial charge in [-0.25, -0.2) is 13.4 Å². The number of nitrogens with zero attached hydrogens (tertiary/aromatic N) is 4. The zero-order chi connectivity index (χ0) is 34.4. The van der Waals surface area contributed by atoms with E-state index in [2.05, 4.69) is 38.1 Å². The second-order valence-corrected chi connectivity index (χ2v) is 13.3. The molecule has 0 radical (unpaired) electrons. The minimum atomic E-state index is -1.80. The highest BCUT2D eigenvalue weighted by atomic mass is 19.1. The van der Waals surface area contributed by atoms with Crippen molar-refractivity contribution in [2.75, 3.05) is 32.0 Å². The lowest BCUT2D eigenvalue weighted by atomic mass is 9.79. The van der Waals surface area contributed by atoms with Gasteiger partial charge in [-0.2, -0.15) is 0 Å². The lowest BCUT2D eigenvalue weighted by Gasteiger charge is -2.43. The van der Waals surface area contributed by atoms with E-state index in [0.29, 0.717) is 43.2 Å². The third-order valence-corrected chi connectivity index (χ3v) is 9.88. The van der Waals surface area contributed by atoms with Crippen LogP contribution in [0, 0.1) is 17.7 Å². The number of carbonyl (C=O) groups is 3. The van der Waals surface area contributed by atoms with E-state index >= 15 is 4.39 Å². The molecule has 260 valence electrons. The number of amides is 3. The van der Waals surface area contributed by atoms with Gasteiger partial charge in [0.15, 0.2) is 11.9 Å². The molecule has 0 bridgehead atoms. The zero-order valence-corrected chi connectivity index (χ0v) is 28.1. The zero-order valence-electron chi connectivity index (χ0n) is 28.1. The first-order valence-corrected chi connectivity index (χ1v) is 16.6. The largest absolute Gasteiger partial charge is 0.376 e. The van der Waals surface area contributed by atoms with Gasteiger partial charge in [-0.1, -0.05) is 44.8 Å². The molecule has 3 amide bonds. The van der Waals surface area contributed by atoms with Gasteiger partial charge in [-0.15, -0.1) is 0 Å². The number of aliphatic hydroxyl groups is 1. The average molecular weight is 662 g/mol. The first kappa shape index (κ1) is 36.3. The van der Waals surface area contributed by atoms with Gasteiger partial charge in [-0.05, 0) is 74.8 Å². The maximum absolute atomic E-state index is 15.7. The quantitative estimate of drug-likeness (QED) is 0.269. The number of aryl methyl sites for hydroxylation is 1. The van der Waals surface area contributed by atoms with E-state index in [4.69, 9.17) is 4.63 Å². The van der Waals surface area contributed by atoms with Crippen LogP contribution in [0.4, 0.5) is 14.5 Å². The van der Waals surface area contributed by atoms with Crippen molar-refractivity contribution in [3.8, 4) is 0 Å². The van der Waals surface area contributed by atoms with E-state index in [0.717, 1.165) is 32.6 Å². The van der Waals surface area contributed by atoms with E-state index in [1.54, 1.807) is 13.0 Å². The number of likely N-dealkylation sites (N-methyl/N-ethyl adjacent to an activating group) is 1. The van der Waals surface area contributed by atoms with Crippen LogP contribution in [-0.4, -0.2) is 100 Å². The number of halogens is 2. The van der Waals surface area contributed by atoms with Crippen molar-refractivity contribution in [1.29, 1.82) is 0 Å². The van der Waals surface area contributed by atoms with Crippen LogP contribution in [0.25, 0.3) is 0 Å². The summed E-state index contributed by atoms with van der Waals surface area (Å²) in [6.07, 6.45) is 0.700. The van der Waals surface area contributed by atoms with Crippen LogP contribution in [0.3, 0.4) is 0 Å². The molecule has 2 fully saturated rings. The maximum atomic E-state index is 15.7. The summed E-state index contributed by atoms with van der Waals surface area (Å²) in [6, 6.07) is 2.52. The number of benzene rings is 1. The lowest BCUT2D eigenvalue weighted by Crippen LogP contribution is -2.60. The minimum Gasteiger partial charge on any atom is -0.376 e. The summed E-state index contributed by atoms with van der Waals surface area (Å²) in [6.45, 7) is 10.6. The van der Waals surface area contributed by atoms with Crippen LogP contribution < -0.4 is 16.0 Å². The molecule has 12 nitrogen and oxygen atoms in total. The van der Waals surface area contributed by atoms with Crippen molar-refractivity contribution in [1.82, 2.24) is 30.7 Å². The highest BCUT2D eigenvalue weighted by molar-refractivity contribution is 6.01. The molecular formula is C33H49F2N7O5. The Morgan fingerprint density at radius 1 is 1.06 bits per heavy atom. The minimum absolute atomic E-state index is 0.0102. The SMILES string of the molecule is CCc1nonc1C(=O)N[C@H](C(=O)Nc1ccc([C@H](C)C(NC(=O)C(C)F)C(O)N2CCN(C)[C@H](C)C2)cc1F)[C@H]1CC[C@H](C)CC1. The molecule has 1 aromatic carbocycles. The van der Waals surface area contributed by atoms with E-state index in [1.807, 2.05) is 25.8 Å². The number of aromatic nitrogens is 2. The van der Waals surface area contributed by atoms with Gasteiger partial charge in [-0.3, -0.25) is 19.3 Å². The molecule has 14 heteroatoms. The van der Waals surface area contributed by atoms with E-state index in [1.165, 1.54) is 12.1 Å². The predicted octanol–water partition coefficient (Wildman–Crippen LogP) is 3.24. The van der Waals surface area contributed by atoms with E-state index in [9.17, 15) is 23.9 Å². The number of hydrogen-bond acceptors (Lipinski definition) is 9. The number of alkyl halides is 1. The molecule has 2 heterocycles. The molecular weight excluding hydrogens is 612 g/mol. The molecule has 1 saturated carbocycles. The Labute approximate surface area is 275 Å². The molecule has 4 rings (SSSR count). The summed E-state index contributed by atoms with van der Waals surface area (Å²) in [5.74, 6) is -3.03. The molecule has 4 N–H and O–H groups in total. The Bertz CT molecular complexity index is 1380. The predicted molar refractivity (Wildman–Crippen MR) is 172 cm³/mol. The Balaban J connectivity index is 1.53. The average Bonchev–Trinajstić information content (AvgIpc) is 3.53. The summed E-state index contributed by atoms with van der Waals surface area (Å²) in [5, 5.41) is 26.9. The number of piperazine rings is 1. The molecule has 3 unspecified atom stereocenters. The van der Waals surface area contributed by atoms with Crippen molar-refractivity contribution in [2.24, 2.45) is 11.8 Å². The van der Waals surface area contributed by atoms with E-state index < -0.39 is 53.9 Å². The number of nitrogens with one attached hydrogen (secondary N) is 3. The van der Waals surface area contributed by atoms with Gasteiger partial charge in [0.05, 0.1) is 11.7 Å². The molecule has 1 aliphatic carbocycles. The molecule has 0 spiro atoms.